The first-order valence-corrected chi connectivity index (χ1v) is 6.84. The maximum absolute atomic E-state index is 13.4. The minimum absolute atomic E-state index is 0.0610. The molecule has 21 heavy (non-hydrogen) atoms. The second-order valence-corrected chi connectivity index (χ2v) is 4.77. The number of nitrogens with one attached hydrogen (secondary N) is 1. The van der Waals surface area contributed by atoms with Crippen molar-refractivity contribution in [2.45, 2.75) is 39.4 Å². The molecule has 0 fully saturated rings. The van der Waals surface area contributed by atoms with Gasteiger partial charge in [-0.2, -0.15) is 8.78 Å². The zero-order valence-corrected chi connectivity index (χ0v) is 12.1. The van der Waals surface area contributed by atoms with E-state index in [9.17, 15) is 18.3 Å². The average Bonchev–Trinajstić information content (AvgIpc) is 2.41. The van der Waals surface area contributed by atoms with Crippen molar-refractivity contribution in [2.24, 2.45) is 5.92 Å². The SMILES string of the molecule is CCC(CC)C(O)CNc1cc(OC(F)F)c(F)cc1N. The van der Waals surface area contributed by atoms with Gasteiger partial charge in [0.25, 0.3) is 0 Å². The second kappa shape index (κ2) is 7.97. The number of benzene rings is 1. The Balaban J connectivity index is 2.78. The lowest BCUT2D eigenvalue weighted by atomic mass is 9.96. The van der Waals surface area contributed by atoms with Gasteiger partial charge in [-0.3, -0.25) is 0 Å². The van der Waals surface area contributed by atoms with E-state index >= 15 is 0 Å². The van der Waals surface area contributed by atoms with Crippen LogP contribution in [0.25, 0.3) is 0 Å². The number of hydrogen-bond donors (Lipinski definition) is 3. The maximum atomic E-state index is 13.4. The summed E-state index contributed by atoms with van der Waals surface area (Å²) in [5.41, 5.74) is 5.93. The molecular weight excluding hydrogens is 285 g/mol. The van der Waals surface area contributed by atoms with E-state index < -0.39 is 24.3 Å². The minimum atomic E-state index is -3.12. The summed E-state index contributed by atoms with van der Waals surface area (Å²) in [6, 6.07) is 1.97. The van der Waals surface area contributed by atoms with Crippen LogP contribution in [0, 0.1) is 11.7 Å². The number of aliphatic hydroxyl groups is 1. The zero-order valence-electron chi connectivity index (χ0n) is 12.1. The van der Waals surface area contributed by atoms with Crippen molar-refractivity contribution in [3.63, 3.8) is 0 Å². The molecule has 4 N–H and O–H groups in total. The van der Waals surface area contributed by atoms with Gasteiger partial charge < -0.3 is 20.9 Å². The van der Waals surface area contributed by atoms with Crippen molar-refractivity contribution in [3.8, 4) is 5.75 Å². The second-order valence-electron chi connectivity index (χ2n) is 4.77. The predicted octanol–water partition coefficient (Wildman–Crippen LogP) is 3.22. The van der Waals surface area contributed by atoms with Gasteiger partial charge in [-0.25, -0.2) is 4.39 Å². The number of nitrogens with two attached hydrogens (primary N) is 1. The summed E-state index contributed by atoms with van der Waals surface area (Å²) in [6.45, 7) is 1.01. The molecule has 0 aliphatic rings. The molecule has 0 spiro atoms. The zero-order chi connectivity index (χ0) is 16.0. The smallest absolute Gasteiger partial charge is 0.387 e. The van der Waals surface area contributed by atoms with Gasteiger partial charge in [0.15, 0.2) is 11.6 Å². The molecule has 0 bridgehead atoms. The summed E-state index contributed by atoms with van der Waals surface area (Å²) < 4.78 is 41.8. The third-order valence-corrected chi connectivity index (χ3v) is 3.41. The molecule has 0 saturated carbocycles. The monoisotopic (exact) mass is 306 g/mol. The van der Waals surface area contributed by atoms with Crippen LogP contribution in [0.4, 0.5) is 24.5 Å². The summed E-state index contributed by atoms with van der Waals surface area (Å²) in [5.74, 6) is -1.42. The molecular formula is C14H21F3N2O2. The number of nitrogen functional groups attached to an aromatic ring is 1. The van der Waals surface area contributed by atoms with Crippen LogP contribution in [-0.2, 0) is 0 Å². The molecule has 0 aliphatic heterocycles. The molecule has 0 aromatic heterocycles. The van der Waals surface area contributed by atoms with Gasteiger partial charge in [0, 0.05) is 18.7 Å². The number of alkyl halides is 2. The van der Waals surface area contributed by atoms with Gasteiger partial charge in [-0.1, -0.05) is 26.7 Å². The highest BCUT2D eigenvalue weighted by atomic mass is 19.3. The summed E-state index contributed by atoms with van der Waals surface area (Å²) >= 11 is 0. The molecule has 1 aromatic rings. The summed E-state index contributed by atoms with van der Waals surface area (Å²) in [6.07, 6.45) is 1.03. The van der Waals surface area contributed by atoms with Crippen LogP contribution in [-0.4, -0.2) is 24.4 Å². The van der Waals surface area contributed by atoms with E-state index in [1.54, 1.807) is 0 Å². The molecule has 0 amide bonds. The van der Waals surface area contributed by atoms with E-state index in [0.29, 0.717) is 0 Å². The first-order chi connectivity index (χ1) is 9.88. The molecule has 120 valence electrons. The Morgan fingerprint density at radius 2 is 1.90 bits per heavy atom. The van der Waals surface area contributed by atoms with Gasteiger partial charge in [0.1, 0.15) is 0 Å². The Kier molecular flexibility index (Phi) is 6.61. The third-order valence-electron chi connectivity index (χ3n) is 3.41. The van der Waals surface area contributed by atoms with Gasteiger partial charge >= 0.3 is 6.61 Å². The fourth-order valence-electron chi connectivity index (χ4n) is 2.12. The third kappa shape index (κ3) is 5.00. The number of rotatable bonds is 8. The minimum Gasteiger partial charge on any atom is -0.432 e. The quantitative estimate of drug-likeness (QED) is 0.645. The van der Waals surface area contributed by atoms with Crippen LogP contribution in [0.3, 0.4) is 0 Å². The topological polar surface area (TPSA) is 67.5 Å². The van der Waals surface area contributed by atoms with Crippen molar-refractivity contribution in [1.82, 2.24) is 0 Å². The average molecular weight is 306 g/mol. The highest BCUT2D eigenvalue weighted by Gasteiger charge is 2.17. The molecule has 1 rings (SSSR count). The molecule has 0 aliphatic carbocycles. The molecule has 1 unspecified atom stereocenters. The van der Waals surface area contributed by atoms with E-state index in [0.717, 1.165) is 25.0 Å². The predicted molar refractivity (Wildman–Crippen MR) is 76.0 cm³/mol. The fourth-order valence-corrected chi connectivity index (χ4v) is 2.12. The Morgan fingerprint density at radius 3 is 2.43 bits per heavy atom. The van der Waals surface area contributed by atoms with Crippen LogP contribution in [0.15, 0.2) is 12.1 Å². The van der Waals surface area contributed by atoms with Crippen LogP contribution < -0.4 is 15.8 Å². The highest BCUT2D eigenvalue weighted by molar-refractivity contribution is 5.68. The molecule has 0 saturated heterocycles. The van der Waals surface area contributed by atoms with Crippen molar-refractivity contribution in [1.29, 1.82) is 0 Å². The van der Waals surface area contributed by atoms with Gasteiger partial charge in [-0.15, -0.1) is 0 Å². The van der Waals surface area contributed by atoms with Gasteiger partial charge in [-0.05, 0) is 5.92 Å². The van der Waals surface area contributed by atoms with Crippen LogP contribution in [0.1, 0.15) is 26.7 Å². The highest BCUT2D eigenvalue weighted by Crippen LogP contribution is 2.29. The van der Waals surface area contributed by atoms with Gasteiger partial charge in [0.05, 0.1) is 17.5 Å². The maximum Gasteiger partial charge on any atom is 0.387 e. The first kappa shape index (κ1) is 17.4. The molecule has 0 heterocycles. The lowest BCUT2D eigenvalue weighted by Crippen LogP contribution is -2.28. The number of hydrogen-bond acceptors (Lipinski definition) is 4. The van der Waals surface area contributed by atoms with Crippen molar-refractivity contribution in [3.05, 3.63) is 17.9 Å². The molecule has 0 radical (unpaired) electrons. The standard InChI is InChI=1S/C14H21F3N2O2/c1-3-8(4-2)12(20)7-19-11-6-13(21-14(16)17)9(15)5-10(11)18/h5-6,8,12,14,19-20H,3-4,7,18H2,1-2H3. The molecule has 4 nitrogen and oxygen atoms in total. The Bertz CT molecular complexity index is 454. The van der Waals surface area contributed by atoms with Crippen molar-refractivity contribution < 1.29 is 23.0 Å². The first-order valence-electron chi connectivity index (χ1n) is 6.84. The van der Waals surface area contributed by atoms with Crippen LogP contribution in [0.5, 0.6) is 5.75 Å². The number of aliphatic hydroxyl groups excluding tert-OH is 1. The van der Waals surface area contributed by atoms with Crippen LogP contribution in [0.2, 0.25) is 0 Å². The van der Waals surface area contributed by atoms with Crippen molar-refractivity contribution in [2.75, 3.05) is 17.6 Å². The Labute approximate surface area is 122 Å². The van der Waals surface area contributed by atoms with Crippen molar-refractivity contribution >= 4 is 11.4 Å². The fraction of sp³-hybridized carbons (Fsp3) is 0.571. The van der Waals surface area contributed by atoms with Gasteiger partial charge in [0.2, 0.25) is 0 Å². The molecule has 1 aromatic carbocycles. The Hall–Kier alpha value is -1.63. The molecule has 1 atom stereocenters. The number of ether oxygens (including phenoxy) is 1. The lowest BCUT2D eigenvalue weighted by Gasteiger charge is -2.21. The van der Waals surface area contributed by atoms with E-state index in [1.165, 1.54) is 0 Å². The van der Waals surface area contributed by atoms with Crippen LogP contribution >= 0.6 is 0 Å². The molecule has 7 heteroatoms. The largest absolute Gasteiger partial charge is 0.432 e. The normalized spacial score (nSPS) is 12.8. The summed E-state index contributed by atoms with van der Waals surface area (Å²) in [5, 5.41) is 12.8. The van der Waals surface area contributed by atoms with E-state index in [1.807, 2.05) is 13.8 Å². The van der Waals surface area contributed by atoms with E-state index in [2.05, 4.69) is 10.1 Å². The number of anilines is 2. The summed E-state index contributed by atoms with van der Waals surface area (Å²) in [4.78, 5) is 0. The van der Waals surface area contributed by atoms with E-state index in [-0.39, 0.29) is 23.8 Å². The Morgan fingerprint density at radius 1 is 1.29 bits per heavy atom. The number of halogens is 3. The lowest BCUT2D eigenvalue weighted by molar-refractivity contribution is -0.0521. The van der Waals surface area contributed by atoms with E-state index in [4.69, 9.17) is 5.73 Å². The summed E-state index contributed by atoms with van der Waals surface area (Å²) in [7, 11) is 0.